The highest BCUT2D eigenvalue weighted by atomic mass is 32.2. The molecule has 2 aromatic rings. The number of halogens is 2. The van der Waals surface area contributed by atoms with E-state index in [-0.39, 0.29) is 29.9 Å². The van der Waals surface area contributed by atoms with Gasteiger partial charge in [-0.3, -0.25) is 4.79 Å². The van der Waals surface area contributed by atoms with Crippen molar-refractivity contribution in [1.82, 2.24) is 9.62 Å². The molecule has 1 amide bonds. The molecule has 1 heterocycles. The molecule has 4 rings (SSSR count). The van der Waals surface area contributed by atoms with E-state index in [0.29, 0.717) is 31.7 Å². The van der Waals surface area contributed by atoms with Gasteiger partial charge in [-0.25, -0.2) is 21.9 Å². The van der Waals surface area contributed by atoms with Gasteiger partial charge in [-0.2, -0.15) is 0 Å². The van der Waals surface area contributed by atoms with Crippen molar-refractivity contribution < 1.29 is 26.7 Å². The smallest absolute Gasteiger partial charge is 0.226 e. The average Bonchev–Trinajstić information content (AvgIpc) is 3.52. The highest BCUT2D eigenvalue weighted by Crippen LogP contribution is 2.51. The number of rotatable bonds is 6. The molecule has 1 aliphatic heterocycles. The average molecular weight is 451 g/mol. The van der Waals surface area contributed by atoms with Gasteiger partial charge in [-0.1, -0.05) is 30.3 Å². The molecule has 1 N–H and O–H groups in total. The van der Waals surface area contributed by atoms with Crippen LogP contribution in [0.15, 0.2) is 42.5 Å². The Morgan fingerprint density at radius 2 is 1.87 bits per heavy atom. The van der Waals surface area contributed by atoms with E-state index in [0.717, 1.165) is 11.8 Å². The van der Waals surface area contributed by atoms with Crippen LogP contribution in [-0.2, 0) is 19.6 Å². The molecular formula is C22H24F2N2O4S. The Balaban J connectivity index is 1.48. The molecule has 166 valence electrons. The van der Waals surface area contributed by atoms with E-state index in [4.69, 9.17) is 4.74 Å². The highest BCUT2D eigenvalue weighted by Gasteiger charge is 2.47. The predicted octanol–water partition coefficient (Wildman–Crippen LogP) is 2.51. The van der Waals surface area contributed by atoms with Gasteiger partial charge in [0.15, 0.2) is 0 Å². The van der Waals surface area contributed by atoms with Crippen molar-refractivity contribution in [2.75, 3.05) is 32.5 Å². The summed E-state index contributed by atoms with van der Waals surface area (Å²) in [5.41, 5.74) is 1.15. The molecule has 0 aromatic heterocycles. The number of nitrogens with one attached hydrogen (secondary N) is 1. The maximum absolute atomic E-state index is 14.4. The number of ether oxygens (including phenoxy) is 1. The van der Waals surface area contributed by atoms with Crippen LogP contribution in [0.3, 0.4) is 0 Å². The number of morpholine rings is 1. The van der Waals surface area contributed by atoms with Crippen LogP contribution in [0.1, 0.15) is 17.9 Å². The topological polar surface area (TPSA) is 75.7 Å². The van der Waals surface area contributed by atoms with E-state index in [9.17, 15) is 22.0 Å². The first-order chi connectivity index (χ1) is 14.7. The third-order valence-corrected chi connectivity index (χ3v) is 6.41. The fraction of sp³-hybridized carbons (Fsp3) is 0.409. The van der Waals surface area contributed by atoms with Crippen LogP contribution < -0.4 is 4.72 Å². The Morgan fingerprint density at radius 1 is 1.16 bits per heavy atom. The minimum Gasteiger partial charge on any atom is -0.373 e. The van der Waals surface area contributed by atoms with Crippen molar-refractivity contribution >= 4 is 15.9 Å². The zero-order valence-corrected chi connectivity index (χ0v) is 17.9. The third-order valence-electron chi connectivity index (χ3n) is 5.72. The molecule has 6 nitrogen and oxygen atoms in total. The summed E-state index contributed by atoms with van der Waals surface area (Å²) in [6, 6.07) is 10.8. The van der Waals surface area contributed by atoms with Crippen molar-refractivity contribution in [3.05, 3.63) is 59.7 Å². The van der Waals surface area contributed by atoms with Crippen molar-refractivity contribution in [2.24, 2.45) is 5.92 Å². The molecule has 3 atom stereocenters. The summed E-state index contributed by atoms with van der Waals surface area (Å²) in [6.07, 6.45) is 1.27. The van der Waals surface area contributed by atoms with Gasteiger partial charge in [0.2, 0.25) is 15.9 Å². The molecule has 0 bridgehead atoms. The lowest BCUT2D eigenvalue weighted by Gasteiger charge is -2.33. The number of hydrogen-bond acceptors (Lipinski definition) is 4. The molecule has 0 unspecified atom stereocenters. The lowest BCUT2D eigenvalue weighted by atomic mass is 9.95. The number of hydrogen-bond donors (Lipinski definition) is 1. The van der Waals surface area contributed by atoms with Crippen LogP contribution in [-0.4, -0.2) is 57.8 Å². The lowest BCUT2D eigenvalue weighted by molar-refractivity contribution is -0.139. The number of amides is 1. The minimum atomic E-state index is -3.34. The van der Waals surface area contributed by atoms with Gasteiger partial charge in [0, 0.05) is 25.6 Å². The van der Waals surface area contributed by atoms with Gasteiger partial charge in [-0.15, -0.1) is 0 Å². The van der Waals surface area contributed by atoms with Gasteiger partial charge in [0.05, 0.1) is 24.5 Å². The molecule has 1 saturated carbocycles. The van der Waals surface area contributed by atoms with Gasteiger partial charge < -0.3 is 9.64 Å². The number of carbonyl (C=O) groups is 1. The molecule has 31 heavy (non-hydrogen) atoms. The van der Waals surface area contributed by atoms with Crippen LogP contribution in [0, 0.1) is 17.6 Å². The molecule has 9 heteroatoms. The van der Waals surface area contributed by atoms with E-state index in [2.05, 4.69) is 4.72 Å². The number of nitrogens with zero attached hydrogens (tertiary/aromatic N) is 1. The minimum absolute atomic E-state index is 0.0403. The largest absolute Gasteiger partial charge is 0.373 e. The first-order valence-electron chi connectivity index (χ1n) is 10.1. The summed E-state index contributed by atoms with van der Waals surface area (Å²) in [5, 5.41) is 0. The molecular weight excluding hydrogens is 426 g/mol. The van der Waals surface area contributed by atoms with Crippen LogP contribution >= 0.6 is 0 Å². The van der Waals surface area contributed by atoms with Gasteiger partial charge >= 0.3 is 0 Å². The first kappa shape index (κ1) is 21.9. The summed E-state index contributed by atoms with van der Waals surface area (Å²) in [5.74, 6) is -1.69. The second kappa shape index (κ2) is 8.64. The Kier molecular flexibility index (Phi) is 6.09. The monoisotopic (exact) mass is 450 g/mol. The molecule has 1 saturated heterocycles. The van der Waals surface area contributed by atoms with E-state index in [1.54, 1.807) is 23.1 Å². The second-order valence-corrected chi connectivity index (χ2v) is 9.86. The molecule has 0 spiro atoms. The van der Waals surface area contributed by atoms with Crippen LogP contribution in [0.4, 0.5) is 8.78 Å². The molecule has 2 fully saturated rings. The molecule has 0 radical (unpaired) electrons. The maximum Gasteiger partial charge on any atom is 0.226 e. The normalized spacial score (nSPS) is 23.6. The van der Waals surface area contributed by atoms with Crippen molar-refractivity contribution in [1.29, 1.82) is 0 Å². The predicted molar refractivity (Wildman–Crippen MR) is 112 cm³/mol. The van der Waals surface area contributed by atoms with Gasteiger partial charge in [0.25, 0.3) is 0 Å². The quantitative estimate of drug-likeness (QED) is 0.734. The summed E-state index contributed by atoms with van der Waals surface area (Å²) in [6.45, 7) is 1.16. The zero-order valence-electron chi connectivity index (χ0n) is 17.1. The van der Waals surface area contributed by atoms with Crippen molar-refractivity contribution in [2.45, 2.75) is 18.4 Å². The summed E-state index contributed by atoms with van der Waals surface area (Å²) >= 11 is 0. The fourth-order valence-electron chi connectivity index (χ4n) is 4.14. The summed E-state index contributed by atoms with van der Waals surface area (Å²) < 4.78 is 59.3. The van der Waals surface area contributed by atoms with Crippen molar-refractivity contribution in [3.8, 4) is 11.1 Å². The Hall–Kier alpha value is -2.36. The SMILES string of the molecule is CS(=O)(=O)NC[C@@H]1CN(C(=O)[C@@H]2C[C@H]2c2ccccc2-c2c(F)cccc2F)CCO1. The molecule has 2 aliphatic rings. The number of carbonyl (C=O) groups excluding carboxylic acids is 1. The lowest BCUT2D eigenvalue weighted by Crippen LogP contribution is -2.50. The fourth-order valence-corrected chi connectivity index (χ4v) is 4.63. The standard InChI is InChI=1S/C22H24F2N2O4S/c1-31(28,29)25-12-14-13-26(9-10-30-14)22(27)18-11-17(18)15-5-2-3-6-16(15)21-19(23)7-4-8-20(21)24/h2-8,14,17-18,25H,9-13H2,1H3/t14-,17+,18-/m1/s1. The van der Waals surface area contributed by atoms with Crippen molar-refractivity contribution in [3.63, 3.8) is 0 Å². The molecule has 1 aliphatic carbocycles. The van der Waals surface area contributed by atoms with Crippen LogP contribution in [0.2, 0.25) is 0 Å². The first-order valence-corrected chi connectivity index (χ1v) is 12.0. The van der Waals surface area contributed by atoms with Gasteiger partial charge in [-0.05, 0) is 35.6 Å². The van der Waals surface area contributed by atoms with Crippen LogP contribution in [0.5, 0.6) is 0 Å². The van der Waals surface area contributed by atoms with E-state index in [1.807, 2.05) is 6.07 Å². The third kappa shape index (κ3) is 4.94. The molecule has 2 aromatic carbocycles. The maximum atomic E-state index is 14.4. The Labute approximate surface area is 180 Å². The Bertz CT molecular complexity index is 1070. The van der Waals surface area contributed by atoms with Crippen LogP contribution in [0.25, 0.3) is 11.1 Å². The van der Waals surface area contributed by atoms with E-state index >= 15 is 0 Å². The number of sulfonamides is 1. The summed E-state index contributed by atoms with van der Waals surface area (Å²) in [4.78, 5) is 14.7. The zero-order chi connectivity index (χ0) is 22.2. The Morgan fingerprint density at radius 3 is 2.58 bits per heavy atom. The number of benzene rings is 2. The highest BCUT2D eigenvalue weighted by molar-refractivity contribution is 7.88. The van der Waals surface area contributed by atoms with E-state index < -0.39 is 27.8 Å². The van der Waals surface area contributed by atoms with Gasteiger partial charge in [0.1, 0.15) is 11.6 Å². The second-order valence-electron chi connectivity index (χ2n) is 8.03. The van der Waals surface area contributed by atoms with E-state index in [1.165, 1.54) is 18.2 Å². The summed E-state index contributed by atoms with van der Waals surface area (Å²) in [7, 11) is -3.34.